The first-order valence-corrected chi connectivity index (χ1v) is 20.6. The van der Waals surface area contributed by atoms with Gasteiger partial charge >= 0.3 is 5.97 Å². The fourth-order valence-corrected chi connectivity index (χ4v) is 8.27. The highest BCUT2D eigenvalue weighted by molar-refractivity contribution is 6.06. The summed E-state index contributed by atoms with van der Waals surface area (Å²) >= 11 is 0. The molecule has 0 unspecified atom stereocenters. The molecule has 0 aliphatic carbocycles. The minimum atomic E-state index is -0.369. The number of nitrogens with zero attached hydrogens (tertiary/aromatic N) is 10. The standard InChI is InChI=1S/C23H25N5O2.C21H23N7O.CH4.H4N2.H2O/c1-3-30-23(29)17-15-16-9-10-20(27-12-6-11-26(2)13-14-27)25-21(16)28-19-8-5-4-7-18(19)24-22(17)28;1-26-9-4-10-27(12-11-26)18-8-7-14-13-15(21(29)25-22)20-23-16-5-2-3-6-17(16)28(20)19(14)24-18;;1-2;/h4-5,7-10,15H,3,6,11-14H2,1-2H3;2-3,5-8,13H,4,9-12,22H2,1H3,(H,25,29);1H4;1-2H2;1H2. The van der Waals surface area contributed by atoms with E-state index in [1.54, 1.807) is 0 Å². The molecule has 0 bridgehead atoms. The number of carbonyl (C=O) groups excluding carboxylic acids is 2. The minimum absolute atomic E-state index is 0. The molecule has 18 heteroatoms. The second kappa shape index (κ2) is 20.1. The van der Waals surface area contributed by atoms with E-state index in [4.69, 9.17) is 25.5 Å². The highest BCUT2D eigenvalue weighted by Crippen LogP contribution is 2.30. The number of nitrogens with two attached hydrogens (primary N) is 3. The van der Waals surface area contributed by atoms with Crippen LogP contribution in [0.4, 0.5) is 11.6 Å². The predicted molar refractivity (Wildman–Crippen MR) is 251 cm³/mol. The molecule has 18 nitrogen and oxygen atoms in total. The summed E-state index contributed by atoms with van der Waals surface area (Å²) in [4.78, 5) is 53.9. The summed E-state index contributed by atoms with van der Waals surface area (Å²) < 4.78 is 9.25. The van der Waals surface area contributed by atoms with Crippen molar-refractivity contribution in [2.75, 3.05) is 82.9 Å². The van der Waals surface area contributed by atoms with Crippen LogP contribution in [0.25, 0.3) is 55.4 Å². The van der Waals surface area contributed by atoms with Crippen LogP contribution in [0.1, 0.15) is 47.9 Å². The van der Waals surface area contributed by atoms with E-state index in [1.165, 1.54) is 0 Å². The van der Waals surface area contributed by atoms with Gasteiger partial charge in [0.15, 0.2) is 11.3 Å². The number of hydrazine groups is 2. The zero-order chi connectivity index (χ0) is 42.6. The molecular formula is C45H58N14O4. The number of amides is 1. The normalized spacial score (nSPS) is 14.9. The largest absolute Gasteiger partial charge is 0.462 e. The molecule has 0 atom stereocenters. The third kappa shape index (κ3) is 9.03. The van der Waals surface area contributed by atoms with Gasteiger partial charge < -0.3 is 29.8 Å². The molecule has 2 saturated heterocycles. The summed E-state index contributed by atoms with van der Waals surface area (Å²) in [6, 6.07) is 27.5. The van der Waals surface area contributed by atoms with Gasteiger partial charge in [0.25, 0.3) is 5.91 Å². The third-order valence-electron chi connectivity index (χ3n) is 11.4. The van der Waals surface area contributed by atoms with Crippen molar-refractivity contribution < 1.29 is 19.8 Å². The topological polar surface area (TPSA) is 238 Å². The van der Waals surface area contributed by atoms with E-state index in [0.29, 0.717) is 29.0 Å². The lowest BCUT2D eigenvalue weighted by Gasteiger charge is -2.22. The average molecular weight is 859 g/mol. The summed E-state index contributed by atoms with van der Waals surface area (Å²) in [5.74, 6) is 14.6. The Morgan fingerprint density at radius 2 is 1.08 bits per heavy atom. The number of nitrogens with one attached hydrogen (secondary N) is 1. The van der Waals surface area contributed by atoms with Crippen LogP contribution in [-0.2, 0) is 4.74 Å². The number of imidazole rings is 2. The molecule has 0 spiro atoms. The minimum Gasteiger partial charge on any atom is -0.462 e. The zero-order valence-electron chi connectivity index (χ0n) is 35.3. The van der Waals surface area contributed by atoms with Crippen LogP contribution in [-0.4, -0.2) is 129 Å². The van der Waals surface area contributed by atoms with Crippen LogP contribution in [0.15, 0.2) is 84.9 Å². The third-order valence-corrected chi connectivity index (χ3v) is 11.4. The molecule has 2 aromatic carbocycles. The van der Waals surface area contributed by atoms with Gasteiger partial charge in [-0.1, -0.05) is 31.7 Å². The monoisotopic (exact) mass is 858 g/mol. The molecule has 2 aliphatic rings. The Kier molecular flexibility index (Phi) is 14.7. The SMILES string of the molecule is C.CCOC(=O)c1cc2ccc(N3CCCN(C)CC3)nc2n2c1nc1ccccc12.CN1CCCN(c2ccc3cc(C(=O)NN)c4nc5ccccc5n4c3n2)CC1.NN.O. The van der Waals surface area contributed by atoms with Crippen molar-refractivity contribution in [2.24, 2.45) is 17.5 Å². The smallest absolute Gasteiger partial charge is 0.341 e. The van der Waals surface area contributed by atoms with Crippen LogP contribution < -0.4 is 32.8 Å². The van der Waals surface area contributed by atoms with Crippen molar-refractivity contribution in [3.05, 3.63) is 96.1 Å². The van der Waals surface area contributed by atoms with Gasteiger partial charge in [-0.2, -0.15) is 0 Å². The van der Waals surface area contributed by atoms with Crippen LogP contribution in [0, 0.1) is 0 Å². The van der Waals surface area contributed by atoms with E-state index < -0.39 is 0 Å². The van der Waals surface area contributed by atoms with Crippen molar-refractivity contribution in [1.29, 1.82) is 0 Å². The van der Waals surface area contributed by atoms with Crippen molar-refractivity contribution in [2.45, 2.75) is 27.2 Å². The number of nitrogen functional groups attached to an aromatic ring is 1. The number of pyridine rings is 4. The molecule has 63 heavy (non-hydrogen) atoms. The maximum absolute atomic E-state index is 12.7. The number of rotatable bonds is 5. The molecule has 2 fully saturated rings. The van der Waals surface area contributed by atoms with Crippen LogP contribution >= 0.6 is 0 Å². The maximum atomic E-state index is 12.7. The molecule has 8 heterocycles. The molecule has 2 aliphatic heterocycles. The van der Waals surface area contributed by atoms with E-state index in [-0.39, 0.29) is 24.8 Å². The van der Waals surface area contributed by atoms with E-state index in [9.17, 15) is 9.59 Å². The number of ether oxygens (including phenoxy) is 1. The molecule has 1 amide bonds. The molecule has 8 aromatic rings. The summed E-state index contributed by atoms with van der Waals surface area (Å²) in [7, 11) is 4.32. The van der Waals surface area contributed by atoms with Crippen LogP contribution in [0.2, 0.25) is 0 Å². The highest BCUT2D eigenvalue weighted by Gasteiger charge is 2.22. The Bertz CT molecular complexity index is 2880. The number of carbonyl (C=O) groups is 2. The number of anilines is 2. The Balaban J connectivity index is 0.000000196. The predicted octanol–water partition coefficient (Wildman–Crippen LogP) is 3.77. The Morgan fingerprint density at radius 1 is 0.619 bits per heavy atom. The number of benzene rings is 2. The first-order valence-electron chi connectivity index (χ1n) is 20.6. The van der Waals surface area contributed by atoms with Crippen LogP contribution in [0.5, 0.6) is 0 Å². The van der Waals surface area contributed by atoms with E-state index >= 15 is 0 Å². The first-order chi connectivity index (χ1) is 29.8. The van der Waals surface area contributed by atoms with Crippen molar-refractivity contribution in [3.8, 4) is 0 Å². The fraction of sp³-hybridized carbons (Fsp3) is 0.333. The lowest BCUT2D eigenvalue weighted by Crippen LogP contribution is -2.30. The Labute approximate surface area is 365 Å². The quantitative estimate of drug-likeness (QED) is 0.0835. The second-order valence-corrected chi connectivity index (χ2v) is 15.3. The van der Waals surface area contributed by atoms with Crippen molar-refractivity contribution in [1.82, 2.24) is 44.0 Å². The van der Waals surface area contributed by atoms with E-state index in [1.807, 2.05) is 101 Å². The van der Waals surface area contributed by atoms with Gasteiger partial charge in [0.2, 0.25) is 0 Å². The van der Waals surface area contributed by atoms with Gasteiger partial charge in [-0.3, -0.25) is 30.7 Å². The van der Waals surface area contributed by atoms with Crippen molar-refractivity contribution >= 4 is 78.9 Å². The number of hydrogen-bond acceptors (Lipinski definition) is 14. The number of aromatic nitrogens is 6. The van der Waals surface area contributed by atoms with E-state index in [2.05, 4.69) is 55.8 Å². The number of para-hydroxylation sites is 4. The molecule has 0 saturated carbocycles. The molecule has 6 aromatic heterocycles. The van der Waals surface area contributed by atoms with Gasteiger partial charge in [0.05, 0.1) is 34.2 Å². The van der Waals surface area contributed by atoms with Crippen LogP contribution in [0.3, 0.4) is 0 Å². The lowest BCUT2D eigenvalue weighted by atomic mass is 10.2. The number of fused-ring (bicyclic) bond motifs is 10. The summed E-state index contributed by atoms with van der Waals surface area (Å²) in [5, 5.41) is 1.76. The number of esters is 1. The molecular weight excluding hydrogens is 801 g/mol. The molecule has 9 N–H and O–H groups in total. The Hall–Kier alpha value is -6.54. The number of hydrogen-bond donors (Lipinski definition) is 4. The maximum Gasteiger partial charge on any atom is 0.341 e. The second-order valence-electron chi connectivity index (χ2n) is 15.3. The van der Waals surface area contributed by atoms with Gasteiger partial charge in [0, 0.05) is 50.0 Å². The van der Waals surface area contributed by atoms with E-state index in [0.717, 1.165) is 121 Å². The van der Waals surface area contributed by atoms with Gasteiger partial charge in [-0.05, 0) is 108 Å². The zero-order valence-corrected chi connectivity index (χ0v) is 35.3. The first kappa shape index (κ1) is 46.0. The van der Waals surface area contributed by atoms with Crippen molar-refractivity contribution in [3.63, 3.8) is 0 Å². The average Bonchev–Trinajstić information content (AvgIpc) is 3.71. The molecule has 10 rings (SSSR count). The highest BCUT2D eigenvalue weighted by atomic mass is 16.5. The molecule has 332 valence electrons. The van der Waals surface area contributed by atoms with Gasteiger partial charge in [0.1, 0.15) is 28.5 Å². The summed E-state index contributed by atoms with van der Waals surface area (Å²) in [5.41, 5.74) is 9.36. The lowest BCUT2D eigenvalue weighted by molar-refractivity contribution is 0.0528. The van der Waals surface area contributed by atoms with Gasteiger partial charge in [-0.15, -0.1) is 0 Å². The summed E-state index contributed by atoms with van der Waals surface area (Å²) in [6.45, 7) is 10.2. The molecule has 0 radical (unpaired) electrons. The Morgan fingerprint density at radius 3 is 1.56 bits per heavy atom. The summed E-state index contributed by atoms with van der Waals surface area (Å²) in [6.07, 6.45) is 2.22. The fourth-order valence-electron chi connectivity index (χ4n) is 8.27. The number of likely N-dealkylation sites (N-methyl/N-ethyl adjacent to an activating group) is 2. The van der Waals surface area contributed by atoms with Gasteiger partial charge in [-0.25, -0.2) is 30.6 Å².